The molecule has 0 aromatic carbocycles. The second-order valence-corrected chi connectivity index (χ2v) is 1.48. The van der Waals surface area contributed by atoms with Crippen molar-refractivity contribution in [3.63, 3.8) is 0 Å². The number of carboxylic acids is 2. The van der Waals surface area contributed by atoms with Crippen LogP contribution in [0.1, 0.15) is 6.42 Å². The summed E-state index contributed by atoms with van der Waals surface area (Å²) in [5, 5.41) is 16.1. The first-order valence-electron chi connectivity index (χ1n) is 2.17. The molecule has 0 radical (unpaired) electrons. The molecule has 0 heterocycles. The first-order valence-corrected chi connectivity index (χ1v) is 2.17. The zero-order chi connectivity index (χ0) is 7.44. The summed E-state index contributed by atoms with van der Waals surface area (Å²) in [7, 11) is 0. The minimum atomic E-state index is -1.27. The Labute approximate surface area is 88.0 Å². The van der Waals surface area contributed by atoms with E-state index < -0.39 is 18.4 Å². The predicted molar refractivity (Wildman–Crippen MR) is 43.3 cm³/mol. The van der Waals surface area contributed by atoms with Crippen LogP contribution >= 0.6 is 0 Å². The number of rotatable bonds is 3. The van der Waals surface area contributed by atoms with Crippen molar-refractivity contribution >= 4 is 49.7 Å². The third kappa shape index (κ3) is 9.87. The van der Waals surface area contributed by atoms with Gasteiger partial charge in [-0.05, 0) is 0 Å². The van der Waals surface area contributed by atoms with Gasteiger partial charge in [0.15, 0.2) is 0 Å². The summed E-state index contributed by atoms with van der Waals surface area (Å²) in [6, 6.07) is 0. The molecule has 0 aliphatic carbocycles. The molecule has 0 bridgehead atoms. The molecule has 4 nitrogen and oxygen atoms in total. The molecule has 11 heavy (non-hydrogen) atoms. The van der Waals surface area contributed by atoms with E-state index in [1.807, 2.05) is 0 Å². The normalized spacial score (nSPS) is 6.91. The third-order valence-electron chi connectivity index (χ3n) is 0.667. The first kappa shape index (κ1) is 17.1. The third-order valence-corrected chi connectivity index (χ3v) is 0.667. The van der Waals surface area contributed by atoms with Crippen LogP contribution in [0.15, 0.2) is 12.2 Å². The second-order valence-electron chi connectivity index (χ2n) is 1.48. The molecule has 0 aliphatic rings. The maximum atomic E-state index is 9.87. The van der Waals surface area contributed by atoms with E-state index in [9.17, 15) is 9.59 Å². The van der Waals surface area contributed by atoms with Gasteiger partial charge in [0.05, 0.1) is 6.42 Å². The summed E-state index contributed by atoms with van der Waals surface area (Å²) in [6.45, 7) is 3.01. The number of carbonyl (C=O) groups is 2. The Morgan fingerprint density at radius 3 is 1.64 bits per heavy atom. The monoisotopic (exact) mass is 146 g/mol. The van der Waals surface area contributed by atoms with E-state index in [4.69, 9.17) is 10.2 Å². The molecule has 0 fully saturated rings. The average molecular weight is 146 g/mol. The SMILES string of the molecule is C=C(CC(=O)O)C(=O)O.[LiH].[LiH]. The van der Waals surface area contributed by atoms with Gasteiger partial charge in [-0.2, -0.15) is 0 Å². The van der Waals surface area contributed by atoms with Crippen LogP contribution in [0, 0.1) is 0 Å². The molecular weight excluding hydrogens is 138 g/mol. The van der Waals surface area contributed by atoms with Gasteiger partial charge in [-0.15, -0.1) is 0 Å². The molecule has 6 heteroatoms. The van der Waals surface area contributed by atoms with Gasteiger partial charge < -0.3 is 10.2 Å². The van der Waals surface area contributed by atoms with Crippen molar-refractivity contribution in [2.75, 3.05) is 0 Å². The Morgan fingerprint density at radius 1 is 1.18 bits per heavy atom. The van der Waals surface area contributed by atoms with E-state index in [1.165, 1.54) is 0 Å². The van der Waals surface area contributed by atoms with Crippen molar-refractivity contribution in [2.24, 2.45) is 0 Å². The van der Waals surface area contributed by atoms with Crippen molar-refractivity contribution in [3.05, 3.63) is 12.2 Å². The molecule has 0 aromatic heterocycles. The molecule has 2 N–H and O–H groups in total. The molecule has 0 atom stereocenters. The van der Waals surface area contributed by atoms with Crippen molar-refractivity contribution in [2.45, 2.75) is 6.42 Å². The van der Waals surface area contributed by atoms with Gasteiger partial charge in [0, 0.05) is 5.57 Å². The second kappa shape index (κ2) is 7.98. The van der Waals surface area contributed by atoms with Crippen molar-refractivity contribution in [3.8, 4) is 0 Å². The quantitative estimate of drug-likeness (QED) is 0.387. The van der Waals surface area contributed by atoms with E-state index in [-0.39, 0.29) is 43.3 Å². The fourth-order valence-corrected chi connectivity index (χ4v) is 0.258. The van der Waals surface area contributed by atoms with Gasteiger partial charge in [0.1, 0.15) is 0 Å². The summed E-state index contributed by atoms with van der Waals surface area (Å²) in [5.41, 5.74) is -0.303. The van der Waals surface area contributed by atoms with Gasteiger partial charge in [0.25, 0.3) is 0 Å². The fourth-order valence-electron chi connectivity index (χ4n) is 0.258. The number of hydrogen-bond acceptors (Lipinski definition) is 2. The Kier molecular flexibility index (Phi) is 12.4. The number of aliphatic carboxylic acids is 2. The molecule has 0 saturated carbocycles. The van der Waals surface area contributed by atoms with Crippen LogP contribution in [0.4, 0.5) is 0 Å². The van der Waals surface area contributed by atoms with Gasteiger partial charge in [-0.3, -0.25) is 4.79 Å². The maximum absolute atomic E-state index is 9.87. The summed E-state index contributed by atoms with van der Waals surface area (Å²) in [5.74, 6) is -2.44. The molecule has 0 saturated heterocycles. The Bertz CT molecular complexity index is 166. The van der Waals surface area contributed by atoms with Crippen LogP contribution in [0.2, 0.25) is 0 Å². The van der Waals surface area contributed by atoms with Gasteiger partial charge in [-0.25, -0.2) is 4.79 Å². The fraction of sp³-hybridized carbons (Fsp3) is 0.200. The van der Waals surface area contributed by atoms with E-state index in [1.54, 1.807) is 0 Å². The molecule has 0 amide bonds. The van der Waals surface area contributed by atoms with Crippen molar-refractivity contribution < 1.29 is 19.8 Å². The molecular formula is C5H8Li2O4. The standard InChI is InChI=1S/C5H6O4.2Li.2H/c1-3(5(8)9)2-4(6)7;;;;/h1-2H2,(H,6,7)(H,8,9);;;;. The molecule has 0 aromatic rings. The van der Waals surface area contributed by atoms with E-state index in [2.05, 4.69) is 6.58 Å². The van der Waals surface area contributed by atoms with Gasteiger partial charge >= 0.3 is 49.7 Å². The number of hydrogen-bond donors (Lipinski definition) is 2. The van der Waals surface area contributed by atoms with Gasteiger partial charge in [0.2, 0.25) is 0 Å². The minimum absolute atomic E-state index is 0. The summed E-state index contributed by atoms with van der Waals surface area (Å²) < 4.78 is 0. The van der Waals surface area contributed by atoms with E-state index in [0.29, 0.717) is 0 Å². The van der Waals surface area contributed by atoms with E-state index >= 15 is 0 Å². The Balaban J connectivity index is -0.000000320. The van der Waals surface area contributed by atoms with Crippen LogP contribution in [-0.2, 0) is 9.59 Å². The molecule has 54 valence electrons. The molecule has 0 unspecified atom stereocenters. The molecule has 0 rings (SSSR count). The Morgan fingerprint density at radius 2 is 1.55 bits per heavy atom. The number of carboxylic acid groups (broad SMARTS) is 2. The Hall–Kier alpha value is -0.125. The first-order chi connectivity index (χ1) is 4.04. The zero-order valence-electron chi connectivity index (χ0n) is 4.63. The zero-order valence-corrected chi connectivity index (χ0v) is 4.63. The summed E-state index contributed by atoms with van der Waals surface area (Å²) in [6.07, 6.45) is -0.505. The summed E-state index contributed by atoms with van der Waals surface area (Å²) >= 11 is 0. The van der Waals surface area contributed by atoms with Crippen LogP contribution in [-0.4, -0.2) is 59.9 Å². The summed E-state index contributed by atoms with van der Waals surface area (Å²) in [4.78, 5) is 19.7. The van der Waals surface area contributed by atoms with Crippen molar-refractivity contribution in [1.29, 1.82) is 0 Å². The molecule has 0 aliphatic heterocycles. The van der Waals surface area contributed by atoms with Crippen molar-refractivity contribution in [1.82, 2.24) is 0 Å². The van der Waals surface area contributed by atoms with Crippen LogP contribution in [0.5, 0.6) is 0 Å². The van der Waals surface area contributed by atoms with Crippen LogP contribution in [0.25, 0.3) is 0 Å². The van der Waals surface area contributed by atoms with E-state index in [0.717, 1.165) is 0 Å². The predicted octanol–water partition coefficient (Wildman–Crippen LogP) is -1.20. The molecule has 0 spiro atoms. The average Bonchev–Trinajstić information content (AvgIpc) is 1.63. The van der Waals surface area contributed by atoms with Gasteiger partial charge in [-0.1, -0.05) is 6.58 Å². The topological polar surface area (TPSA) is 74.6 Å². The van der Waals surface area contributed by atoms with Crippen LogP contribution in [0.3, 0.4) is 0 Å². The van der Waals surface area contributed by atoms with Crippen LogP contribution < -0.4 is 0 Å².